The van der Waals surface area contributed by atoms with Gasteiger partial charge in [0.1, 0.15) is 0 Å². The minimum absolute atomic E-state index is 0. The van der Waals surface area contributed by atoms with Crippen LogP contribution in [0.25, 0.3) is 0 Å². The summed E-state index contributed by atoms with van der Waals surface area (Å²) in [5, 5.41) is 6.59. The molecule has 0 aromatic heterocycles. The van der Waals surface area contributed by atoms with Crippen molar-refractivity contribution in [2.75, 3.05) is 18.4 Å². The van der Waals surface area contributed by atoms with E-state index >= 15 is 0 Å². The van der Waals surface area contributed by atoms with Crippen molar-refractivity contribution in [3.8, 4) is 0 Å². The molecule has 0 spiro atoms. The predicted octanol–water partition coefficient (Wildman–Crippen LogP) is 3.06. The van der Waals surface area contributed by atoms with Crippen molar-refractivity contribution in [2.45, 2.75) is 33.2 Å². The Bertz CT molecular complexity index is 379. The number of anilines is 1. The van der Waals surface area contributed by atoms with Gasteiger partial charge in [-0.05, 0) is 24.5 Å². The minimum atomic E-state index is 0. The summed E-state index contributed by atoms with van der Waals surface area (Å²) in [6.45, 7) is 8.02. The lowest BCUT2D eigenvalue weighted by atomic mass is 10.0. The summed E-state index contributed by atoms with van der Waals surface area (Å²) in [4.78, 5) is 4.40. The summed E-state index contributed by atoms with van der Waals surface area (Å²) in [6.07, 6.45) is 1.05. The number of nitrogens with two attached hydrogens (primary N) is 1. The molecule has 0 bridgehead atoms. The smallest absolute Gasteiger partial charge is 0.188 e. The van der Waals surface area contributed by atoms with Gasteiger partial charge in [0.2, 0.25) is 0 Å². The van der Waals surface area contributed by atoms with E-state index in [2.05, 4.69) is 48.5 Å². The van der Waals surface area contributed by atoms with Crippen LogP contribution in [0, 0.1) is 5.92 Å². The van der Waals surface area contributed by atoms with E-state index in [1.54, 1.807) is 0 Å². The van der Waals surface area contributed by atoms with Crippen LogP contribution in [0.4, 0.5) is 5.69 Å². The Labute approximate surface area is 139 Å². The molecular formula is C15H27IN4. The van der Waals surface area contributed by atoms with Gasteiger partial charge in [-0.25, -0.2) is 0 Å². The third-order valence-electron chi connectivity index (χ3n) is 2.95. The Balaban J connectivity index is 0.00000361. The lowest BCUT2D eigenvalue weighted by Crippen LogP contribution is -2.35. The monoisotopic (exact) mass is 390 g/mol. The number of rotatable bonds is 7. The molecule has 1 rings (SSSR count). The fraction of sp³-hybridized carbons (Fsp3) is 0.533. The molecule has 4 N–H and O–H groups in total. The summed E-state index contributed by atoms with van der Waals surface area (Å²) in [5.41, 5.74) is 6.93. The zero-order valence-corrected chi connectivity index (χ0v) is 14.9. The van der Waals surface area contributed by atoms with E-state index in [1.165, 1.54) is 0 Å². The minimum Gasteiger partial charge on any atom is -0.380 e. The van der Waals surface area contributed by atoms with Crippen LogP contribution in [-0.4, -0.2) is 25.1 Å². The third kappa shape index (κ3) is 7.57. The Kier molecular flexibility index (Phi) is 10.2. The van der Waals surface area contributed by atoms with Crippen LogP contribution in [0.2, 0.25) is 0 Å². The zero-order chi connectivity index (χ0) is 14.1. The van der Waals surface area contributed by atoms with Gasteiger partial charge < -0.3 is 16.4 Å². The number of halogens is 1. The van der Waals surface area contributed by atoms with Crippen molar-refractivity contribution in [2.24, 2.45) is 16.6 Å². The average molecular weight is 390 g/mol. The highest BCUT2D eigenvalue weighted by Gasteiger charge is 2.12. The number of nitrogens with zero attached hydrogens (tertiary/aromatic N) is 1. The molecule has 0 heterocycles. The highest BCUT2D eigenvalue weighted by atomic mass is 127. The Morgan fingerprint density at radius 2 is 1.90 bits per heavy atom. The fourth-order valence-corrected chi connectivity index (χ4v) is 1.68. The van der Waals surface area contributed by atoms with Crippen molar-refractivity contribution in [3.63, 3.8) is 0 Å². The highest BCUT2D eigenvalue weighted by Crippen LogP contribution is 2.12. The van der Waals surface area contributed by atoms with Crippen molar-refractivity contribution in [3.05, 3.63) is 30.3 Å². The maximum Gasteiger partial charge on any atom is 0.188 e. The van der Waals surface area contributed by atoms with E-state index in [4.69, 9.17) is 5.73 Å². The number of para-hydroxylation sites is 1. The van der Waals surface area contributed by atoms with E-state index in [0.29, 0.717) is 18.4 Å². The predicted molar refractivity (Wildman–Crippen MR) is 98.9 cm³/mol. The molecule has 1 aromatic rings. The first-order valence-corrected chi connectivity index (χ1v) is 6.98. The van der Waals surface area contributed by atoms with Crippen LogP contribution in [0.1, 0.15) is 27.2 Å². The molecule has 0 saturated heterocycles. The molecule has 20 heavy (non-hydrogen) atoms. The van der Waals surface area contributed by atoms with Crippen LogP contribution in [0.5, 0.6) is 0 Å². The SMILES string of the molecule is CCCNC(N)=NCC(Nc1ccccc1)C(C)C.I. The lowest BCUT2D eigenvalue weighted by Gasteiger charge is -2.22. The summed E-state index contributed by atoms with van der Waals surface area (Å²) < 4.78 is 0. The molecular weight excluding hydrogens is 363 g/mol. The average Bonchev–Trinajstić information content (AvgIpc) is 2.41. The molecule has 0 aliphatic rings. The highest BCUT2D eigenvalue weighted by molar-refractivity contribution is 14.0. The number of guanidine groups is 1. The first-order valence-electron chi connectivity index (χ1n) is 6.98. The van der Waals surface area contributed by atoms with Crippen molar-refractivity contribution >= 4 is 35.6 Å². The summed E-state index contributed by atoms with van der Waals surface area (Å²) in [6, 6.07) is 10.5. The molecule has 114 valence electrons. The van der Waals surface area contributed by atoms with Gasteiger partial charge >= 0.3 is 0 Å². The first kappa shape index (κ1) is 19.0. The van der Waals surface area contributed by atoms with Crippen LogP contribution in [0.3, 0.4) is 0 Å². The number of hydrogen-bond donors (Lipinski definition) is 3. The second kappa shape index (κ2) is 10.8. The van der Waals surface area contributed by atoms with E-state index in [-0.39, 0.29) is 30.0 Å². The summed E-state index contributed by atoms with van der Waals surface area (Å²) in [7, 11) is 0. The van der Waals surface area contributed by atoms with Gasteiger partial charge in [0.05, 0.1) is 6.54 Å². The summed E-state index contributed by atoms with van der Waals surface area (Å²) in [5.74, 6) is 1.02. The number of nitrogens with one attached hydrogen (secondary N) is 2. The van der Waals surface area contributed by atoms with Crippen LogP contribution in [0.15, 0.2) is 35.3 Å². The Hall–Kier alpha value is -0.980. The van der Waals surface area contributed by atoms with Crippen molar-refractivity contribution in [1.82, 2.24) is 5.32 Å². The van der Waals surface area contributed by atoms with Gasteiger partial charge in [0.15, 0.2) is 5.96 Å². The largest absolute Gasteiger partial charge is 0.380 e. The van der Waals surface area contributed by atoms with E-state index in [0.717, 1.165) is 18.7 Å². The van der Waals surface area contributed by atoms with Gasteiger partial charge in [0.25, 0.3) is 0 Å². The molecule has 5 heteroatoms. The molecule has 4 nitrogen and oxygen atoms in total. The van der Waals surface area contributed by atoms with Gasteiger partial charge in [-0.2, -0.15) is 0 Å². The van der Waals surface area contributed by atoms with Gasteiger partial charge in [-0.1, -0.05) is 39.0 Å². The van der Waals surface area contributed by atoms with Gasteiger partial charge in [-0.3, -0.25) is 4.99 Å². The lowest BCUT2D eigenvalue weighted by molar-refractivity contribution is 0.531. The van der Waals surface area contributed by atoms with Gasteiger partial charge in [-0.15, -0.1) is 24.0 Å². The van der Waals surface area contributed by atoms with E-state index < -0.39 is 0 Å². The van der Waals surface area contributed by atoms with Crippen molar-refractivity contribution < 1.29 is 0 Å². The molecule has 1 aromatic carbocycles. The number of aliphatic imine (C=N–C) groups is 1. The summed E-state index contributed by atoms with van der Waals surface area (Å²) >= 11 is 0. The van der Waals surface area contributed by atoms with Crippen LogP contribution >= 0.6 is 24.0 Å². The van der Waals surface area contributed by atoms with Gasteiger partial charge in [0, 0.05) is 18.3 Å². The van der Waals surface area contributed by atoms with Crippen LogP contribution in [-0.2, 0) is 0 Å². The zero-order valence-electron chi connectivity index (χ0n) is 12.6. The van der Waals surface area contributed by atoms with E-state index in [1.807, 2.05) is 18.2 Å². The molecule has 0 aliphatic carbocycles. The second-order valence-electron chi connectivity index (χ2n) is 5.01. The molecule has 0 amide bonds. The Morgan fingerprint density at radius 3 is 2.45 bits per heavy atom. The molecule has 0 fully saturated rings. The molecule has 0 radical (unpaired) electrons. The van der Waals surface area contributed by atoms with E-state index in [9.17, 15) is 0 Å². The maximum atomic E-state index is 5.81. The second-order valence-corrected chi connectivity index (χ2v) is 5.01. The molecule has 0 aliphatic heterocycles. The first-order chi connectivity index (χ1) is 9.13. The molecule has 1 atom stereocenters. The normalized spacial score (nSPS) is 12.7. The quantitative estimate of drug-likeness (QED) is 0.381. The molecule has 0 saturated carbocycles. The number of hydrogen-bond acceptors (Lipinski definition) is 2. The topological polar surface area (TPSA) is 62.4 Å². The molecule has 1 unspecified atom stereocenters. The maximum absolute atomic E-state index is 5.81. The third-order valence-corrected chi connectivity index (χ3v) is 2.95. The fourth-order valence-electron chi connectivity index (χ4n) is 1.68. The standard InChI is InChI=1S/C15H26N4.HI/c1-4-10-17-15(16)18-11-14(12(2)3)19-13-8-6-5-7-9-13;/h5-9,12,14,19H,4,10-11H2,1-3H3,(H3,16,17,18);1H. The van der Waals surface area contributed by atoms with Crippen LogP contribution < -0.4 is 16.4 Å². The number of benzene rings is 1. The van der Waals surface area contributed by atoms with Crippen molar-refractivity contribution in [1.29, 1.82) is 0 Å². The Morgan fingerprint density at radius 1 is 1.25 bits per heavy atom.